The summed E-state index contributed by atoms with van der Waals surface area (Å²) in [4.78, 5) is 13.2. The summed E-state index contributed by atoms with van der Waals surface area (Å²) in [5, 5.41) is 19.0. The van der Waals surface area contributed by atoms with Crippen LogP contribution in [-0.2, 0) is 0 Å². The normalized spacial score (nSPS) is 20.6. The number of nitrogens with zero attached hydrogens (tertiary/aromatic N) is 2. The molecule has 172 valence electrons. The second-order valence-corrected chi connectivity index (χ2v) is 10.0. The van der Waals surface area contributed by atoms with Crippen molar-refractivity contribution in [2.24, 2.45) is 0 Å². The molecule has 1 amide bonds. The quantitative estimate of drug-likeness (QED) is 0.462. The third-order valence-electron chi connectivity index (χ3n) is 6.75. The number of nitrogens with one attached hydrogen (secondary N) is 1. The van der Waals surface area contributed by atoms with Crippen LogP contribution in [0.25, 0.3) is 16.9 Å². The molecule has 2 fully saturated rings. The second kappa shape index (κ2) is 9.13. The molecule has 7 heteroatoms. The van der Waals surface area contributed by atoms with Gasteiger partial charge in [0.25, 0.3) is 5.91 Å². The van der Waals surface area contributed by atoms with Crippen LogP contribution in [0.2, 0.25) is 10.0 Å². The van der Waals surface area contributed by atoms with Crippen molar-refractivity contribution in [2.75, 3.05) is 0 Å². The predicted molar refractivity (Wildman–Crippen MR) is 131 cm³/mol. The van der Waals surface area contributed by atoms with Gasteiger partial charge in [-0.15, -0.1) is 0 Å². The number of rotatable bonds is 5. The molecular weight excluding hydrogens is 457 g/mol. The first kappa shape index (κ1) is 22.5. The number of carbonyl (C=O) groups is 1. The van der Waals surface area contributed by atoms with E-state index in [1.54, 1.807) is 16.8 Å². The zero-order valence-corrected chi connectivity index (χ0v) is 20.0. The van der Waals surface area contributed by atoms with Gasteiger partial charge in [-0.05, 0) is 62.3 Å². The summed E-state index contributed by atoms with van der Waals surface area (Å²) in [6, 6.07) is 13.5. The highest BCUT2D eigenvalue weighted by Gasteiger charge is 2.29. The molecule has 0 saturated heterocycles. The smallest absolute Gasteiger partial charge is 0.272 e. The number of halogens is 2. The molecular formula is C26H27Cl2N3O2. The molecule has 0 spiro atoms. The van der Waals surface area contributed by atoms with Crippen LogP contribution in [0.3, 0.4) is 0 Å². The molecule has 2 aliphatic rings. The Morgan fingerprint density at radius 1 is 1.06 bits per heavy atom. The molecule has 2 saturated carbocycles. The van der Waals surface area contributed by atoms with Crippen molar-refractivity contribution >= 4 is 29.1 Å². The van der Waals surface area contributed by atoms with E-state index in [2.05, 4.69) is 29.6 Å². The molecule has 5 nitrogen and oxygen atoms in total. The zero-order chi connectivity index (χ0) is 23.1. The Kier molecular flexibility index (Phi) is 6.21. The summed E-state index contributed by atoms with van der Waals surface area (Å²) in [7, 11) is 0. The predicted octanol–water partition coefficient (Wildman–Crippen LogP) is 6.07. The molecule has 5 rings (SSSR count). The Balaban J connectivity index is 1.56. The lowest BCUT2D eigenvalue weighted by Crippen LogP contribution is -2.45. The molecule has 0 aliphatic heterocycles. The van der Waals surface area contributed by atoms with Crippen molar-refractivity contribution < 1.29 is 9.90 Å². The van der Waals surface area contributed by atoms with Crippen molar-refractivity contribution in [3.05, 3.63) is 69.3 Å². The molecule has 2 aliphatic carbocycles. The van der Waals surface area contributed by atoms with E-state index in [-0.39, 0.29) is 11.9 Å². The standard InChI is InChI=1S/C26H27Cl2N3O2/c1-15-24(26(33)29-21-4-2-3-5-23(21)32)30-31(22-13-12-19(27)14-20(22)28)25(15)18-10-8-17(9-11-18)16-6-7-16/h8-14,16,21,23,32H,2-7H2,1H3,(H,29,33)/t21-,23-/m1/s1. The van der Waals surface area contributed by atoms with Gasteiger partial charge in [-0.25, -0.2) is 4.68 Å². The minimum atomic E-state index is -0.523. The minimum absolute atomic E-state index is 0.254. The highest BCUT2D eigenvalue weighted by atomic mass is 35.5. The third kappa shape index (κ3) is 4.54. The van der Waals surface area contributed by atoms with E-state index in [4.69, 9.17) is 28.3 Å². The molecule has 33 heavy (non-hydrogen) atoms. The summed E-state index contributed by atoms with van der Waals surface area (Å²) in [5.41, 5.74) is 4.88. The highest BCUT2D eigenvalue weighted by molar-refractivity contribution is 6.35. The number of benzene rings is 2. The molecule has 0 unspecified atom stereocenters. The van der Waals surface area contributed by atoms with E-state index in [1.165, 1.54) is 18.4 Å². The van der Waals surface area contributed by atoms with E-state index >= 15 is 0 Å². The van der Waals surface area contributed by atoms with Crippen molar-refractivity contribution in [3.63, 3.8) is 0 Å². The van der Waals surface area contributed by atoms with E-state index in [0.29, 0.717) is 33.8 Å². The van der Waals surface area contributed by atoms with E-state index < -0.39 is 6.10 Å². The number of aliphatic hydroxyl groups is 1. The first-order valence-electron chi connectivity index (χ1n) is 11.6. The van der Waals surface area contributed by atoms with Crippen LogP contribution in [0.4, 0.5) is 0 Å². The number of aromatic nitrogens is 2. The van der Waals surface area contributed by atoms with Gasteiger partial charge < -0.3 is 10.4 Å². The molecule has 0 radical (unpaired) electrons. The van der Waals surface area contributed by atoms with Crippen LogP contribution in [0, 0.1) is 6.92 Å². The molecule has 1 aromatic heterocycles. The second-order valence-electron chi connectivity index (χ2n) is 9.16. The lowest BCUT2D eigenvalue weighted by molar-refractivity contribution is 0.0713. The van der Waals surface area contributed by atoms with Gasteiger partial charge in [0.2, 0.25) is 0 Å². The van der Waals surface area contributed by atoms with Gasteiger partial charge in [0.15, 0.2) is 5.69 Å². The van der Waals surface area contributed by atoms with Crippen molar-refractivity contribution in [1.82, 2.24) is 15.1 Å². The fourth-order valence-electron chi connectivity index (χ4n) is 4.72. The molecule has 2 N–H and O–H groups in total. The largest absolute Gasteiger partial charge is 0.391 e. The van der Waals surface area contributed by atoms with Gasteiger partial charge >= 0.3 is 0 Å². The number of hydrogen-bond acceptors (Lipinski definition) is 3. The maximum absolute atomic E-state index is 13.2. The van der Waals surface area contributed by atoms with Crippen LogP contribution in [0.1, 0.15) is 66.1 Å². The molecule has 1 heterocycles. The molecule has 2 aromatic carbocycles. The number of carbonyl (C=O) groups excluding carboxylic acids is 1. The van der Waals surface area contributed by atoms with Gasteiger partial charge in [-0.2, -0.15) is 5.10 Å². The van der Waals surface area contributed by atoms with E-state index in [9.17, 15) is 9.90 Å². The summed E-state index contributed by atoms with van der Waals surface area (Å²) < 4.78 is 1.73. The van der Waals surface area contributed by atoms with Crippen LogP contribution < -0.4 is 5.32 Å². The summed E-state index contributed by atoms with van der Waals surface area (Å²) in [6.07, 6.45) is 5.42. The minimum Gasteiger partial charge on any atom is -0.391 e. The SMILES string of the molecule is Cc1c(C(=O)N[C@@H]2CCCC[C@H]2O)nn(-c2ccc(Cl)cc2Cl)c1-c1ccc(C2CC2)cc1. The lowest BCUT2D eigenvalue weighted by atomic mass is 9.92. The van der Waals surface area contributed by atoms with Crippen LogP contribution in [0.5, 0.6) is 0 Å². The van der Waals surface area contributed by atoms with Crippen LogP contribution in [-0.4, -0.2) is 32.9 Å². The molecule has 3 aromatic rings. The van der Waals surface area contributed by atoms with Gasteiger partial charge in [-0.3, -0.25) is 4.79 Å². The topological polar surface area (TPSA) is 67.2 Å². The maximum Gasteiger partial charge on any atom is 0.272 e. The average molecular weight is 484 g/mol. The first-order valence-corrected chi connectivity index (χ1v) is 12.3. The first-order chi connectivity index (χ1) is 15.9. The monoisotopic (exact) mass is 483 g/mol. The van der Waals surface area contributed by atoms with Crippen molar-refractivity contribution in [1.29, 1.82) is 0 Å². The summed E-state index contributed by atoms with van der Waals surface area (Å²) in [5.74, 6) is 0.386. The fraction of sp³-hybridized carbons (Fsp3) is 0.385. The average Bonchev–Trinajstić information content (AvgIpc) is 3.59. The van der Waals surface area contributed by atoms with Crippen LogP contribution >= 0.6 is 23.2 Å². The lowest BCUT2D eigenvalue weighted by Gasteiger charge is -2.28. The van der Waals surface area contributed by atoms with E-state index in [0.717, 1.165) is 36.1 Å². The Morgan fingerprint density at radius 2 is 1.79 bits per heavy atom. The van der Waals surface area contributed by atoms with Gasteiger partial charge in [0.05, 0.1) is 28.5 Å². The van der Waals surface area contributed by atoms with Gasteiger partial charge in [0, 0.05) is 16.1 Å². The fourth-order valence-corrected chi connectivity index (χ4v) is 5.21. The molecule has 0 bridgehead atoms. The maximum atomic E-state index is 13.2. The zero-order valence-electron chi connectivity index (χ0n) is 18.5. The highest BCUT2D eigenvalue weighted by Crippen LogP contribution is 2.41. The van der Waals surface area contributed by atoms with Gasteiger partial charge in [-0.1, -0.05) is 60.3 Å². The van der Waals surface area contributed by atoms with Gasteiger partial charge in [0.1, 0.15) is 0 Å². The Hall–Kier alpha value is -2.34. The van der Waals surface area contributed by atoms with Crippen molar-refractivity contribution in [2.45, 2.75) is 63.5 Å². The van der Waals surface area contributed by atoms with Crippen LogP contribution in [0.15, 0.2) is 42.5 Å². The molecule has 2 atom stereocenters. The third-order valence-corrected chi connectivity index (χ3v) is 7.29. The number of aliphatic hydroxyl groups excluding tert-OH is 1. The van der Waals surface area contributed by atoms with Crippen molar-refractivity contribution in [3.8, 4) is 16.9 Å². The summed E-state index contributed by atoms with van der Waals surface area (Å²) in [6.45, 7) is 1.91. The Labute approximate surface area is 203 Å². The Morgan fingerprint density at radius 3 is 2.45 bits per heavy atom. The Bertz CT molecular complexity index is 1180. The number of hydrogen-bond donors (Lipinski definition) is 2. The number of amides is 1. The summed E-state index contributed by atoms with van der Waals surface area (Å²) >= 11 is 12.7. The van der Waals surface area contributed by atoms with E-state index in [1.807, 2.05) is 13.0 Å².